The van der Waals surface area contributed by atoms with Gasteiger partial charge in [-0.15, -0.1) is 0 Å². The van der Waals surface area contributed by atoms with Gasteiger partial charge in [-0.25, -0.2) is 0 Å². The summed E-state index contributed by atoms with van der Waals surface area (Å²) in [5, 5.41) is 21.7. The maximum Gasteiger partial charge on any atom is 0.119 e. The highest BCUT2D eigenvalue weighted by atomic mass is 16.4. The summed E-state index contributed by atoms with van der Waals surface area (Å²) in [4.78, 5) is 0. The first kappa shape index (κ1) is 17.5. The highest BCUT2D eigenvalue weighted by Crippen LogP contribution is 2.21. The molecule has 0 spiro atoms. The normalized spacial score (nSPS) is 11.8. The monoisotopic (exact) mass is 291 g/mol. The van der Waals surface area contributed by atoms with Gasteiger partial charge < -0.3 is 10.3 Å². The van der Waals surface area contributed by atoms with E-state index in [2.05, 4.69) is 12.1 Å². The second-order valence-electron chi connectivity index (χ2n) is 5.85. The highest BCUT2D eigenvalue weighted by Gasteiger charge is 2.05. The number of phenolic OH excluding ortho intramolecular Hbond substituents is 1. The number of rotatable bonds is 10. The number of phenols is 1. The molecule has 0 heterocycles. The van der Waals surface area contributed by atoms with E-state index >= 15 is 0 Å². The zero-order chi connectivity index (χ0) is 15.5. The van der Waals surface area contributed by atoms with Gasteiger partial charge in [0, 0.05) is 6.42 Å². The van der Waals surface area contributed by atoms with Crippen LogP contribution in [0, 0.1) is 0 Å². The van der Waals surface area contributed by atoms with E-state index in [4.69, 9.17) is 5.21 Å². The Morgan fingerprint density at radius 3 is 2.38 bits per heavy atom. The highest BCUT2D eigenvalue weighted by molar-refractivity contribution is 5.84. The van der Waals surface area contributed by atoms with E-state index in [0.29, 0.717) is 12.1 Å². The molecular weight excluding hydrogens is 262 g/mol. The molecule has 0 unspecified atom stereocenters. The van der Waals surface area contributed by atoms with Gasteiger partial charge in [-0.1, -0.05) is 62.7 Å². The quantitative estimate of drug-likeness (QED) is 0.273. The van der Waals surface area contributed by atoms with E-state index < -0.39 is 0 Å². The van der Waals surface area contributed by atoms with Crippen molar-refractivity contribution in [1.82, 2.24) is 0 Å². The van der Waals surface area contributed by atoms with E-state index in [1.54, 1.807) is 13.0 Å². The standard InChI is InChI=1S/C18H29NO2/c1-3-4-5-6-7-8-9-10-16-11-12-18(20)17(14-16)13-15(2)19-21/h11-12,14,20-21H,3-10,13H2,1-2H3/b19-15+. The number of benzene rings is 1. The number of aryl methyl sites for hydroxylation is 1. The molecule has 1 aromatic rings. The van der Waals surface area contributed by atoms with Gasteiger partial charge in [0.05, 0.1) is 5.71 Å². The van der Waals surface area contributed by atoms with E-state index in [9.17, 15) is 5.11 Å². The fourth-order valence-electron chi connectivity index (χ4n) is 2.53. The Morgan fingerprint density at radius 2 is 1.71 bits per heavy atom. The molecule has 0 saturated heterocycles. The van der Waals surface area contributed by atoms with Crippen molar-refractivity contribution in [3.05, 3.63) is 29.3 Å². The first-order valence-corrected chi connectivity index (χ1v) is 8.15. The van der Waals surface area contributed by atoms with Crippen molar-refractivity contribution in [2.24, 2.45) is 5.16 Å². The second kappa shape index (κ2) is 10.3. The lowest BCUT2D eigenvalue weighted by Crippen LogP contribution is -1.99. The Hall–Kier alpha value is -1.51. The Bertz CT molecular complexity index is 441. The summed E-state index contributed by atoms with van der Waals surface area (Å²) in [5.74, 6) is 0.279. The summed E-state index contributed by atoms with van der Waals surface area (Å²) < 4.78 is 0. The van der Waals surface area contributed by atoms with Gasteiger partial charge in [0.15, 0.2) is 0 Å². The van der Waals surface area contributed by atoms with E-state index in [1.807, 2.05) is 12.1 Å². The van der Waals surface area contributed by atoms with Gasteiger partial charge in [-0.05, 0) is 37.0 Å². The average molecular weight is 291 g/mol. The van der Waals surface area contributed by atoms with E-state index in [-0.39, 0.29) is 5.75 Å². The predicted molar refractivity (Wildman–Crippen MR) is 88.4 cm³/mol. The Balaban J connectivity index is 2.37. The maximum atomic E-state index is 9.83. The number of hydrogen-bond donors (Lipinski definition) is 2. The molecule has 0 aliphatic rings. The van der Waals surface area contributed by atoms with Crippen LogP contribution in [0.2, 0.25) is 0 Å². The molecule has 118 valence electrons. The van der Waals surface area contributed by atoms with Crippen molar-refractivity contribution >= 4 is 5.71 Å². The summed E-state index contributed by atoms with van der Waals surface area (Å²) in [7, 11) is 0. The molecule has 0 amide bonds. The smallest absolute Gasteiger partial charge is 0.119 e. The van der Waals surface area contributed by atoms with Gasteiger partial charge in [0.2, 0.25) is 0 Å². The van der Waals surface area contributed by atoms with Gasteiger partial charge in [-0.3, -0.25) is 0 Å². The molecule has 0 radical (unpaired) electrons. The molecule has 0 bridgehead atoms. The first-order valence-electron chi connectivity index (χ1n) is 8.15. The summed E-state index contributed by atoms with van der Waals surface area (Å²) >= 11 is 0. The third kappa shape index (κ3) is 7.16. The molecule has 0 atom stereocenters. The topological polar surface area (TPSA) is 52.8 Å². The van der Waals surface area contributed by atoms with Gasteiger partial charge in [-0.2, -0.15) is 0 Å². The maximum absolute atomic E-state index is 9.83. The van der Waals surface area contributed by atoms with Crippen LogP contribution in [0.5, 0.6) is 5.75 Å². The minimum absolute atomic E-state index is 0.279. The van der Waals surface area contributed by atoms with Crippen LogP contribution in [0.4, 0.5) is 0 Å². The third-order valence-electron chi connectivity index (χ3n) is 3.83. The van der Waals surface area contributed by atoms with Crippen molar-refractivity contribution in [3.63, 3.8) is 0 Å². The lowest BCUT2D eigenvalue weighted by Gasteiger charge is -2.07. The molecule has 3 nitrogen and oxygen atoms in total. The molecule has 0 fully saturated rings. The van der Waals surface area contributed by atoms with Crippen LogP contribution >= 0.6 is 0 Å². The SMILES string of the molecule is CCCCCCCCCc1ccc(O)c(C/C(C)=N/O)c1. The fourth-order valence-corrected chi connectivity index (χ4v) is 2.53. The Morgan fingerprint density at radius 1 is 1.05 bits per heavy atom. The lowest BCUT2D eigenvalue weighted by molar-refractivity contribution is 0.317. The molecule has 0 aromatic heterocycles. The molecule has 0 aliphatic carbocycles. The molecule has 1 aromatic carbocycles. The van der Waals surface area contributed by atoms with Gasteiger partial charge in [0.25, 0.3) is 0 Å². The number of oxime groups is 1. The summed E-state index contributed by atoms with van der Waals surface area (Å²) in [5.41, 5.74) is 2.70. The minimum atomic E-state index is 0.279. The zero-order valence-electron chi connectivity index (χ0n) is 13.4. The largest absolute Gasteiger partial charge is 0.508 e. The first-order chi connectivity index (χ1) is 10.2. The average Bonchev–Trinajstić information content (AvgIpc) is 2.49. The number of hydrogen-bond acceptors (Lipinski definition) is 3. The van der Waals surface area contributed by atoms with Crippen molar-refractivity contribution in [3.8, 4) is 5.75 Å². The molecule has 1 rings (SSSR count). The Labute approximate surface area is 128 Å². The van der Waals surface area contributed by atoms with Crippen LogP contribution in [0.3, 0.4) is 0 Å². The molecular formula is C18H29NO2. The van der Waals surface area contributed by atoms with E-state index in [0.717, 1.165) is 12.0 Å². The third-order valence-corrected chi connectivity index (χ3v) is 3.83. The molecule has 0 saturated carbocycles. The minimum Gasteiger partial charge on any atom is -0.508 e. The van der Waals surface area contributed by atoms with Crippen LogP contribution in [0.1, 0.15) is 69.9 Å². The predicted octanol–water partition coefficient (Wildman–Crippen LogP) is 5.08. The summed E-state index contributed by atoms with van der Waals surface area (Å²) in [6.45, 7) is 3.99. The zero-order valence-corrected chi connectivity index (χ0v) is 13.4. The molecule has 2 N–H and O–H groups in total. The lowest BCUT2D eigenvalue weighted by atomic mass is 10.00. The fraction of sp³-hybridized carbons (Fsp3) is 0.611. The van der Waals surface area contributed by atoms with E-state index in [1.165, 1.54) is 50.5 Å². The number of unbranched alkanes of at least 4 members (excludes halogenated alkanes) is 6. The second-order valence-corrected chi connectivity index (χ2v) is 5.85. The summed E-state index contributed by atoms with van der Waals surface area (Å²) in [6, 6.07) is 5.76. The van der Waals surface area contributed by atoms with Crippen LogP contribution in [-0.4, -0.2) is 16.0 Å². The number of nitrogens with zero attached hydrogens (tertiary/aromatic N) is 1. The van der Waals surface area contributed by atoms with Gasteiger partial charge >= 0.3 is 0 Å². The molecule has 21 heavy (non-hydrogen) atoms. The van der Waals surface area contributed by atoms with Gasteiger partial charge in [0.1, 0.15) is 5.75 Å². The van der Waals surface area contributed by atoms with Crippen LogP contribution < -0.4 is 0 Å². The van der Waals surface area contributed by atoms with Crippen molar-refractivity contribution < 1.29 is 10.3 Å². The molecule has 0 aliphatic heterocycles. The number of aromatic hydroxyl groups is 1. The van der Waals surface area contributed by atoms with Crippen molar-refractivity contribution in [1.29, 1.82) is 0 Å². The molecule has 3 heteroatoms. The summed E-state index contributed by atoms with van der Waals surface area (Å²) in [6.07, 6.45) is 10.7. The van der Waals surface area contributed by atoms with Crippen molar-refractivity contribution in [2.45, 2.75) is 71.6 Å². The van der Waals surface area contributed by atoms with Crippen molar-refractivity contribution in [2.75, 3.05) is 0 Å². The van der Waals surface area contributed by atoms with Crippen LogP contribution in [0.25, 0.3) is 0 Å². The Kier molecular flexibility index (Phi) is 8.56. The van der Waals surface area contributed by atoms with Crippen LogP contribution in [0.15, 0.2) is 23.4 Å². The van der Waals surface area contributed by atoms with Crippen LogP contribution in [-0.2, 0) is 12.8 Å².